The van der Waals surface area contributed by atoms with Gasteiger partial charge in [0.1, 0.15) is 11.4 Å². The van der Waals surface area contributed by atoms with Crippen LogP contribution in [0.25, 0.3) is 0 Å². The van der Waals surface area contributed by atoms with Gasteiger partial charge in [0, 0.05) is 28.1 Å². The highest BCUT2D eigenvalue weighted by Gasteiger charge is 2.51. The first-order valence-corrected chi connectivity index (χ1v) is 14.1. The largest absolute Gasteiger partial charge is 0.345 e. The number of allylic oxidation sites excluding steroid dienone is 4. The minimum absolute atomic E-state index is 0.0600. The van der Waals surface area contributed by atoms with Gasteiger partial charge in [0.05, 0.1) is 6.54 Å². The number of halogens is 2. The number of nitrogens with zero attached hydrogens (tertiary/aromatic N) is 3. The van der Waals surface area contributed by atoms with E-state index in [4.69, 9.17) is 28.2 Å². The van der Waals surface area contributed by atoms with Crippen molar-refractivity contribution in [2.45, 2.75) is 65.1 Å². The molecule has 0 saturated heterocycles. The zero-order chi connectivity index (χ0) is 27.8. The van der Waals surface area contributed by atoms with E-state index < -0.39 is 5.66 Å². The van der Waals surface area contributed by atoms with E-state index in [1.807, 2.05) is 23.1 Å². The van der Waals surface area contributed by atoms with Crippen LogP contribution in [0.5, 0.6) is 0 Å². The Hall–Kier alpha value is -2.88. The number of hydrogen-bond acceptors (Lipinski definition) is 7. The molecule has 0 bridgehead atoms. The van der Waals surface area contributed by atoms with Gasteiger partial charge in [-0.2, -0.15) is 0 Å². The molecule has 11 heteroatoms. The monoisotopic (exact) mass is 571 g/mol. The first-order chi connectivity index (χ1) is 18.5. The van der Waals surface area contributed by atoms with Crippen molar-refractivity contribution in [3.05, 3.63) is 57.6 Å². The summed E-state index contributed by atoms with van der Waals surface area (Å²) < 4.78 is 0. The molecule has 1 spiro atoms. The Bertz CT molecular complexity index is 1260. The van der Waals surface area contributed by atoms with Crippen LogP contribution in [0.15, 0.2) is 56.6 Å². The van der Waals surface area contributed by atoms with Gasteiger partial charge in [-0.3, -0.25) is 20.0 Å². The molecule has 39 heavy (non-hydrogen) atoms. The third-order valence-electron chi connectivity index (χ3n) is 8.15. The van der Waals surface area contributed by atoms with Gasteiger partial charge in [-0.25, -0.2) is 5.53 Å². The van der Waals surface area contributed by atoms with E-state index in [9.17, 15) is 9.59 Å². The zero-order valence-corrected chi connectivity index (χ0v) is 24.0. The van der Waals surface area contributed by atoms with Crippen molar-refractivity contribution in [2.24, 2.45) is 27.3 Å². The molecular formula is C28H35Cl2N7O2. The molecule has 2 aliphatic heterocycles. The summed E-state index contributed by atoms with van der Waals surface area (Å²) in [4.78, 5) is 33.6. The van der Waals surface area contributed by atoms with Gasteiger partial charge in [0.2, 0.25) is 0 Å². The van der Waals surface area contributed by atoms with Crippen LogP contribution in [0.1, 0.15) is 68.8 Å². The highest BCUT2D eigenvalue weighted by Crippen LogP contribution is 2.47. The maximum absolute atomic E-state index is 13.9. The van der Waals surface area contributed by atoms with Gasteiger partial charge in [0.15, 0.2) is 5.84 Å². The third kappa shape index (κ3) is 6.00. The van der Waals surface area contributed by atoms with Gasteiger partial charge in [-0.15, -0.1) is 10.6 Å². The average molecular weight is 573 g/mol. The number of amidine groups is 1. The van der Waals surface area contributed by atoms with Crippen molar-refractivity contribution in [2.75, 3.05) is 6.54 Å². The summed E-state index contributed by atoms with van der Waals surface area (Å²) in [6.45, 7) is 7.54. The molecule has 0 radical (unpaired) electrons. The van der Waals surface area contributed by atoms with E-state index in [-0.39, 0.29) is 29.7 Å². The molecule has 1 unspecified atom stereocenters. The number of amides is 2. The summed E-state index contributed by atoms with van der Waals surface area (Å²) >= 11 is 12.7. The molecule has 4 N–H and O–H groups in total. The molecule has 1 aromatic carbocycles. The molecule has 5 rings (SSSR count). The van der Waals surface area contributed by atoms with Crippen LogP contribution >= 0.6 is 23.2 Å². The molecule has 1 saturated carbocycles. The van der Waals surface area contributed by atoms with Gasteiger partial charge in [-0.05, 0) is 67.2 Å². The van der Waals surface area contributed by atoms with Crippen molar-refractivity contribution < 1.29 is 9.59 Å². The third-order valence-corrected chi connectivity index (χ3v) is 8.65. The normalized spacial score (nSPS) is 26.9. The fourth-order valence-electron chi connectivity index (χ4n) is 5.86. The molecule has 208 valence electrons. The molecule has 4 aliphatic rings. The minimum Gasteiger partial charge on any atom is -0.345 e. The Kier molecular flexibility index (Phi) is 7.77. The van der Waals surface area contributed by atoms with E-state index >= 15 is 0 Å². The molecular weight excluding hydrogens is 537 g/mol. The Morgan fingerprint density at radius 2 is 1.90 bits per heavy atom. The molecule has 2 heterocycles. The first kappa shape index (κ1) is 27.7. The predicted molar refractivity (Wildman–Crippen MR) is 154 cm³/mol. The molecule has 1 aromatic rings. The van der Waals surface area contributed by atoms with E-state index in [1.165, 1.54) is 0 Å². The van der Waals surface area contributed by atoms with Crippen LogP contribution in [-0.2, 0) is 11.3 Å². The summed E-state index contributed by atoms with van der Waals surface area (Å²) in [6.07, 6.45) is 7.79. The van der Waals surface area contributed by atoms with Crippen LogP contribution in [0.4, 0.5) is 0 Å². The van der Waals surface area contributed by atoms with Crippen LogP contribution in [0, 0.1) is 17.3 Å². The first-order valence-electron chi connectivity index (χ1n) is 13.4. The summed E-state index contributed by atoms with van der Waals surface area (Å²) in [5, 5.41) is 7.94. The fourth-order valence-corrected chi connectivity index (χ4v) is 6.48. The van der Waals surface area contributed by atoms with Gasteiger partial charge in [0.25, 0.3) is 11.8 Å². The van der Waals surface area contributed by atoms with Crippen LogP contribution in [-0.4, -0.2) is 40.5 Å². The van der Waals surface area contributed by atoms with Gasteiger partial charge in [-0.1, -0.05) is 62.2 Å². The van der Waals surface area contributed by atoms with Crippen molar-refractivity contribution in [1.29, 1.82) is 0 Å². The number of hydrogen-bond donors (Lipinski definition) is 4. The zero-order valence-electron chi connectivity index (χ0n) is 22.5. The topological polar surface area (TPSA) is 110 Å². The quantitative estimate of drug-likeness (QED) is 0.406. The number of aliphatic imine (C=N–C) groups is 1. The van der Waals surface area contributed by atoms with Crippen LogP contribution in [0.2, 0.25) is 0 Å². The molecule has 1 atom stereocenters. The second-order valence-corrected chi connectivity index (χ2v) is 12.7. The van der Waals surface area contributed by atoms with E-state index in [1.54, 1.807) is 18.2 Å². The number of rotatable bonds is 6. The lowest BCUT2D eigenvalue weighted by atomic mass is 9.69. The number of hydrazine groups is 2. The van der Waals surface area contributed by atoms with Gasteiger partial charge < -0.3 is 10.2 Å². The predicted octanol–water partition coefficient (Wildman–Crippen LogP) is 4.32. The standard InChI is InChI=1S/C28H35Cl2N7O2/c1-27(2,3)20-8-10-28(11-9-20)32-24(19-12-21(29)14-22(30)13-19)26(39)37(28)16-17-4-6-18(7-5-17)25(38)31-15-23-33-35-36-34-23/h4-7,12,14,19-20,35-36H,8-11,13,15-16H2,1-3H3,(H,31,38)(H,33,34). The Balaban J connectivity index is 1.34. The average Bonchev–Trinajstić information content (AvgIpc) is 3.50. The van der Waals surface area contributed by atoms with Gasteiger partial charge >= 0.3 is 0 Å². The maximum atomic E-state index is 13.9. The Morgan fingerprint density at radius 3 is 2.51 bits per heavy atom. The SMILES string of the molecule is CC(C)(C)C1CCC2(CC1)N=C(C1C=C(Cl)C=C(Cl)C1)C(=O)N2Cc1ccc(C(=O)NCC2=NNNN2)cc1. The van der Waals surface area contributed by atoms with E-state index in [0.717, 1.165) is 31.2 Å². The Morgan fingerprint density at radius 1 is 1.18 bits per heavy atom. The minimum atomic E-state index is -0.574. The molecule has 2 amide bonds. The lowest BCUT2D eigenvalue weighted by Crippen LogP contribution is -2.49. The molecule has 2 aliphatic carbocycles. The summed E-state index contributed by atoms with van der Waals surface area (Å²) in [5.41, 5.74) is 9.63. The number of benzene rings is 1. The smallest absolute Gasteiger partial charge is 0.270 e. The lowest BCUT2D eigenvalue weighted by molar-refractivity contribution is -0.130. The van der Waals surface area contributed by atoms with Crippen molar-refractivity contribution in [1.82, 2.24) is 26.7 Å². The Labute approximate surface area is 239 Å². The highest BCUT2D eigenvalue weighted by molar-refractivity contribution is 6.43. The van der Waals surface area contributed by atoms with Crippen LogP contribution < -0.4 is 21.8 Å². The number of nitrogens with one attached hydrogen (secondary N) is 4. The van der Waals surface area contributed by atoms with E-state index in [2.05, 4.69) is 47.7 Å². The second kappa shape index (κ2) is 10.9. The van der Waals surface area contributed by atoms with E-state index in [0.29, 0.717) is 46.1 Å². The second-order valence-electron chi connectivity index (χ2n) is 11.8. The summed E-state index contributed by atoms with van der Waals surface area (Å²) in [5.74, 6) is 0.662. The number of carbonyl (C=O) groups is 2. The molecule has 1 fully saturated rings. The summed E-state index contributed by atoms with van der Waals surface area (Å²) in [7, 11) is 0. The summed E-state index contributed by atoms with van der Waals surface area (Å²) in [6, 6.07) is 7.37. The maximum Gasteiger partial charge on any atom is 0.270 e. The number of carbonyl (C=O) groups excluding carboxylic acids is 2. The molecule has 9 nitrogen and oxygen atoms in total. The fraction of sp³-hybridized carbons (Fsp3) is 0.500. The number of hydrazone groups is 1. The van der Waals surface area contributed by atoms with Crippen molar-refractivity contribution in [3.63, 3.8) is 0 Å². The molecule has 0 aromatic heterocycles. The van der Waals surface area contributed by atoms with Crippen molar-refractivity contribution in [3.8, 4) is 0 Å². The lowest BCUT2D eigenvalue weighted by Gasteiger charge is -2.45. The van der Waals surface area contributed by atoms with Crippen molar-refractivity contribution >= 4 is 46.6 Å². The van der Waals surface area contributed by atoms with Crippen LogP contribution in [0.3, 0.4) is 0 Å². The highest BCUT2D eigenvalue weighted by atomic mass is 35.5.